The SMILES string of the molecule is CCCCC(CC)C(=O)N1CCC(N2CCC(C(=O)NCCC(C)C)CC2)CC1. The van der Waals surface area contributed by atoms with E-state index in [4.69, 9.17) is 0 Å². The van der Waals surface area contributed by atoms with Crippen molar-refractivity contribution >= 4 is 11.8 Å². The Morgan fingerprint density at radius 2 is 1.62 bits per heavy atom. The number of nitrogens with one attached hydrogen (secondary N) is 1. The molecule has 5 heteroatoms. The molecule has 2 aliphatic heterocycles. The van der Waals surface area contributed by atoms with Crippen LogP contribution in [0.3, 0.4) is 0 Å². The van der Waals surface area contributed by atoms with Crippen molar-refractivity contribution in [2.75, 3.05) is 32.7 Å². The van der Waals surface area contributed by atoms with Gasteiger partial charge in [-0.15, -0.1) is 0 Å². The number of likely N-dealkylation sites (tertiary alicyclic amines) is 2. The van der Waals surface area contributed by atoms with Crippen molar-refractivity contribution < 1.29 is 9.59 Å². The zero-order chi connectivity index (χ0) is 21.2. The molecule has 0 spiro atoms. The van der Waals surface area contributed by atoms with E-state index in [0.717, 1.165) is 90.5 Å². The van der Waals surface area contributed by atoms with Gasteiger partial charge >= 0.3 is 0 Å². The highest BCUT2D eigenvalue weighted by molar-refractivity contribution is 5.79. The van der Waals surface area contributed by atoms with Crippen LogP contribution < -0.4 is 5.32 Å². The summed E-state index contributed by atoms with van der Waals surface area (Å²) in [5, 5.41) is 3.13. The summed E-state index contributed by atoms with van der Waals surface area (Å²) in [7, 11) is 0. The first-order valence-electron chi connectivity index (χ1n) is 12.3. The summed E-state index contributed by atoms with van der Waals surface area (Å²) in [6.07, 6.45) is 9.49. The van der Waals surface area contributed by atoms with Crippen LogP contribution >= 0.6 is 0 Å². The van der Waals surface area contributed by atoms with Gasteiger partial charge in [-0.2, -0.15) is 0 Å². The smallest absolute Gasteiger partial charge is 0.225 e. The molecule has 0 radical (unpaired) electrons. The van der Waals surface area contributed by atoms with E-state index in [9.17, 15) is 9.59 Å². The van der Waals surface area contributed by atoms with Gasteiger partial charge in [0.1, 0.15) is 0 Å². The summed E-state index contributed by atoms with van der Waals surface area (Å²) in [5.74, 6) is 1.68. The molecule has 2 heterocycles. The molecule has 2 saturated heterocycles. The van der Waals surface area contributed by atoms with E-state index in [-0.39, 0.29) is 17.7 Å². The molecule has 0 aromatic rings. The van der Waals surface area contributed by atoms with Crippen LogP contribution in [0.1, 0.15) is 85.5 Å². The molecule has 2 rings (SSSR count). The van der Waals surface area contributed by atoms with E-state index < -0.39 is 0 Å². The monoisotopic (exact) mass is 407 g/mol. The summed E-state index contributed by atoms with van der Waals surface area (Å²) in [5.41, 5.74) is 0. The van der Waals surface area contributed by atoms with E-state index >= 15 is 0 Å². The predicted octanol–water partition coefficient (Wildman–Crippen LogP) is 4.07. The Morgan fingerprint density at radius 3 is 2.17 bits per heavy atom. The van der Waals surface area contributed by atoms with Crippen LogP contribution in [0.5, 0.6) is 0 Å². The minimum absolute atomic E-state index is 0.184. The summed E-state index contributed by atoms with van der Waals surface area (Å²) >= 11 is 0. The fourth-order valence-electron chi connectivity index (χ4n) is 4.82. The molecule has 2 fully saturated rings. The molecular weight excluding hydrogens is 362 g/mol. The minimum Gasteiger partial charge on any atom is -0.356 e. The third kappa shape index (κ3) is 7.58. The number of piperidine rings is 2. The van der Waals surface area contributed by atoms with Gasteiger partial charge in [-0.3, -0.25) is 9.59 Å². The van der Waals surface area contributed by atoms with Crippen LogP contribution in [0, 0.1) is 17.8 Å². The van der Waals surface area contributed by atoms with Crippen molar-refractivity contribution in [1.29, 1.82) is 0 Å². The lowest BCUT2D eigenvalue weighted by Gasteiger charge is -2.42. The Morgan fingerprint density at radius 1 is 0.966 bits per heavy atom. The number of carbonyl (C=O) groups excluding carboxylic acids is 2. The molecule has 2 aliphatic rings. The number of unbranched alkanes of at least 4 members (excludes halogenated alkanes) is 1. The normalized spacial score (nSPS) is 20.8. The molecule has 0 aliphatic carbocycles. The van der Waals surface area contributed by atoms with Crippen LogP contribution in [-0.4, -0.2) is 60.4 Å². The highest BCUT2D eigenvalue weighted by Gasteiger charge is 2.32. The first-order valence-corrected chi connectivity index (χ1v) is 12.3. The van der Waals surface area contributed by atoms with Crippen molar-refractivity contribution in [3.8, 4) is 0 Å². The lowest BCUT2D eigenvalue weighted by molar-refractivity contribution is -0.138. The van der Waals surface area contributed by atoms with Gasteiger partial charge < -0.3 is 15.1 Å². The summed E-state index contributed by atoms with van der Waals surface area (Å²) in [4.78, 5) is 29.9. The van der Waals surface area contributed by atoms with Crippen molar-refractivity contribution in [1.82, 2.24) is 15.1 Å². The molecule has 1 N–H and O–H groups in total. The van der Waals surface area contributed by atoms with Crippen molar-refractivity contribution in [3.63, 3.8) is 0 Å². The van der Waals surface area contributed by atoms with Gasteiger partial charge in [0, 0.05) is 37.5 Å². The fourth-order valence-corrected chi connectivity index (χ4v) is 4.82. The number of carbonyl (C=O) groups is 2. The highest BCUT2D eigenvalue weighted by Crippen LogP contribution is 2.26. The zero-order valence-corrected chi connectivity index (χ0v) is 19.4. The maximum Gasteiger partial charge on any atom is 0.225 e. The molecule has 0 aromatic heterocycles. The zero-order valence-electron chi connectivity index (χ0n) is 19.4. The largest absolute Gasteiger partial charge is 0.356 e. The second-order valence-electron chi connectivity index (χ2n) is 9.59. The third-order valence-electron chi connectivity index (χ3n) is 6.96. The van der Waals surface area contributed by atoms with E-state index in [1.54, 1.807) is 0 Å². The predicted molar refractivity (Wildman–Crippen MR) is 120 cm³/mol. The Bertz CT molecular complexity index is 492. The topological polar surface area (TPSA) is 52.7 Å². The molecule has 2 amide bonds. The van der Waals surface area contributed by atoms with Gasteiger partial charge in [0.05, 0.1) is 0 Å². The van der Waals surface area contributed by atoms with Gasteiger partial charge in [-0.25, -0.2) is 0 Å². The van der Waals surface area contributed by atoms with Crippen LogP contribution in [0.25, 0.3) is 0 Å². The lowest BCUT2D eigenvalue weighted by Crippen LogP contribution is -2.51. The average molecular weight is 408 g/mol. The number of nitrogens with zero attached hydrogens (tertiary/aromatic N) is 2. The molecule has 168 valence electrons. The highest BCUT2D eigenvalue weighted by atomic mass is 16.2. The van der Waals surface area contributed by atoms with E-state index in [1.807, 2.05) is 0 Å². The van der Waals surface area contributed by atoms with Crippen LogP contribution in [-0.2, 0) is 9.59 Å². The second-order valence-corrected chi connectivity index (χ2v) is 9.59. The van der Waals surface area contributed by atoms with Crippen LogP contribution in [0.15, 0.2) is 0 Å². The molecular formula is C24H45N3O2. The number of hydrogen-bond donors (Lipinski definition) is 1. The molecule has 0 aromatic carbocycles. The van der Waals surface area contributed by atoms with Gasteiger partial charge in [-0.05, 0) is 64.0 Å². The van der Waals surface area contributed by atoms with Crippen molar-refractivity contribution in [2.45, 2.75) is 91.5 Å². The van der Waals surface area contributed by atoms with E-state index in [1.165, 1.54) is 0 Å². The van der Waals surface area contributed by atoms with Gasteiger partial charge in [0.2, 0.25) is 11.8 Å². The Hall–Kier alpha value is -1.10. The Labute approximate surface area is 179 Å². The molecule has 29 heavy (non-hydrogen) atoms. The minimum atomic E-state index is 0.184. The molecule has 0 saturated carbocycles. The molecule has 1 unspecified atom stereocenters. The van der Waals surface area contributed by atoms with Gasteiger partial charge in [-0.1, -0.05) is 40.5 Å². The standard InChI is InChI=1S/C24H45N3O2/c1-5-7-8-20(6-2)24(29)27-17-12-22(13-18-27)26-15-10-21(11-16-26)23(28)25-14-9-19(3)4/h19-22H,5-18H2,1-4H3,(H,25,28). The lowest BCUT2D eigenvalue weighted by atomic mass is 9.92. The quantitative estimate of drug-likeness (QED) is 0.594. The maximum atomic E-state index is 12.8. The first kappa shape index (κ1) is 24.2. The van der Waals surface area contributed by atoms with Gasteiger partial charge in [0.15, 0.2) is 0 Å². The number of hydrogen-bond acceptors (Lipinski definition) is 3. The van der Waals surface area contributed by atoms with E-state index in [2.05, 4.69) is 42.8 Å². The molecule has 1 atom stereocenters. The third-order valence-corrected chi connectivity index (χ3v) is 6.96. The summed E-state index contributed by atoms with van der Waals surface area (Å²) in [6.45, 7) is 13.4. The summed E-state index contributed by atoms with van der Waals surface area (Å²) < 4.78 is 0. The maximum absolute atomic E-state index is 12.8. The molecule has 5 nitrogen and oxygen atoms in total. The number of rotatable bonds is 10. The second kappa shape index (κ2) is 12.6. The fraction of sp³-hybridized carbons (Fsp3) is 0.917. The summed E-state index contributed by atoms with van der Waals surface area (Å²) in [6, 6.07) is 0.583. The van der Waals surface area contributed by atoms with Crippen LogP contribution in [0.2, 0.25) is 0 Å². The first-order chi connectivity index (χ1) is 14.0. The molecule has 0 bridgehead atoms. The average Bonchev–Trinajstić information content (AvgIpc) is 2.74. The van der Waals surface area contributed by atoms with Crippen molar-refractivity contribution in [2.24, 2.45) is 17.8 Å². The van der Waals surface area contributed by atoms with Crippen molar-refractivity contribution in [3.05, 3.63) is 0 Å². The Kier molecular flexibility index (Phi) is 10.5. The Balaban J connectivity index is 1.70. The van der Waals surface area contributed by atoms with Gasteiger partial charge in [0.25, 0.3) is 0 Å². The van der Waals surface area contributed by atoms with E-state index in [0.29, 0.717) is 17.9 Å². The van der Waals surface area contributed by atoms with Crippen LogP contribution in [0.4, 0.5) is 0 Å². The number of amides is 2.